The number of hydrogen-bond acceptors (Lipinski definition) is 3. The summed E-state index contributed by atoms with van der Waals surface area (Å²) in [6.07, 6.45) is 5.08. The van der Waals surface area contributed by atoms with E-state index in [1.807, 2.05) is 12.1 Å². The summed E-state index contributed by atoms with van der Waals surface area (Å²) in [4.78, 5) is 0. The van der Waals surface area contributed by atoms with E-state index in [-0.39, 0.29) is 0 Å². The predicted octanol–water partition coefficient (Wildman–Crippen LogP) is 4.19. The molecule has 1 aliphatic carbocycles. The molecule has 0 saturated heterocycles. The Bertz CT molecular complexity index is 490. The van der Waals surface area contributed by atoms with Crippen LogP contribution in [0.5, 0.6) is 5.75 Å². The second-order valence-corrected chi connectivity index (χ2v) is 6.04. The first kappa shape index (κ1) is 14.7. The van der Waals surface area contributed by atoms with Gasteiger partial charge in [-0.05, 0) is 36.8 Å². The monoisotopic (exact) mass is 272 g/mol. The molecule has 1 aromatic carbocycles. The van der Waals surface area contributed by atoms with Crippen molar-refractivity contribution < 1.29 is 4.74 Å². The average molecular weight is 272 g/mol. The molecule has 0 amide bonds. The number of methoxy groups -OCH3 is 1. The summed E-state index contributed by atoms with van der Waals surface area (Å²) in [5.74, 6) is 2.32. The predicted molar refractivity (Wildman–Crippen MR) is 81.9 cm³/mol. The maximum absolute atomic E-state index is 8.94. The summed E-state index contributed by atoms with van der Waals surface area (Å²) >= 11 is 0. The second-order valence-electron chi connectivity index (χ2n) is 6.04. The highest BCUT2D eigenvalue weighted by Crippen LogP contribution is 2.33. The van der Waals surface area contributed by atoms with Crippen molar-refractivity contribution in [3.05, 3.63) is 23.8 Å². The van der Waals surface area contributed by atoms with Crippen LogP contribution in [-0.4, -0.2) is 13.2 Å². The van der Waals surface area contributed by atoms with E-state index in [0.29, 0.717) is 11.6 Å². The summed E-state index contributed by atoms with van der Waals surface area (Å²) in [7, 11) is 1.65. The van der Waals surface area contributed by atoms with Gasteiger partial charge in [0.25, 0.3) is 0 Å². The van der Waals surface area contributed by atoms with Gasteiger partial charge in [-0.15, -0.1) is 0 Å². The van der Waals surface area contributed by atoms with Gasteiger partial charge in [0, 0.05) is 12.1 Å². The van der Waals surface area contributed by atoms with Crippen LogP contribution in [0.1, 0.15) is 45.1 Å². The number of hydrogen-bond donors (Lipinski definition) is 1. The van der Waals surface area contributed by atoms with E-state index in [1.54, 1.807) is 13.2 Å². The van der Waals surface area contributed by atoms with Crippen LogP contribution in [0.15, 0.2) is 18.2 Å². The molecular formula is C17H24N2O. The number of nitrogens with one attached hydrogen (secondary N) is 1. The molecule has 2 rings (SSSR count). The standard InChI is InChI=1S/C17H24N2O/c1-12(2)14-5-4-6-15(10-14)19-16-8-7-13(11-18)9-17(16)20-3/h7-9,12,14-15,19H,4-6,10H2,1-3H3. The summed E-state index contributed by atoms with van der Waals surface area (Å²) in [5.41, 5.74) is 1.64. The molecule has 0 heterocycles. The highest BCUT2D eigenvalue weighted by molar-refractivity contribution is 5.60. The van der Waals surface area contributed by atoms with Crippen LogP contribution < -0.4 is 10.1 Å². The maximum Gasteiger partial charge on any atom is 0.143 e. The van der Waals surface area contributed by atoms with E-state index < -0.39 is 0 Å². The van der Waals surface area contributed by atoms with Gasteiger partial charge in [-0.25, -0.2) is 0 Å². The lowest BCUT2D eigenvalue weighted by Gasteiger charge is -2.33. The van der Waals surface area contributed by atoms with Crippen molar-refractivity contribution in [2.45, 2.75) is 45.6 Å². The molecule has 3 heteroatoms. The van der Waals surface area contributed by atoms with Crippen molar-refractivity contribution in [1.82, 2.24) is 0 Å². The number of nitrogens with zero attached hydrogens (tertiary/aromatic N) is 1. The zero-order valence-corrected chi connectivity index (χ0v) is 12.6. The van der Waals surface area contributed by atoms with Crippen molar-refractivity contribution in [1.29, 1.82) is 5.26 Å². The molecule has 108 valence electrons. The van der Waals surface area contributed by atoms with Crippen LogP contribution in [0.4, 0.5) is 5.69 Å². The number of benzene rings is 1. The molecule has 1 N–H and O–H groups in total. The Hall–Kier alpha value is -1.69. The van der Waals surface area contributed by atoms with Crippen molar-refractivity contribution >= 4 is 5.69 Å². The van der Waals surface area contributed by atoms with Crippen LogP contribution in [0.25, 0.3) is 0 Å². The molecule has 20 heavy (non-hydrogen) atoms. The highest BCUT2D eigenvalue weighted by Gasteiger charge is 2.24. The first-order chi connectivity index (χ1) is 9.63. The van der Waals surface area contributed by atoms with Crippen molar-refractivity contribution in [3.63, 3.8) is 0 Å². The third-order valence-electron chi connectivity index (χ3n) is 4.35. The van der Waals surface area contributed by atoms with E-state index in [0.717, 1.165) is 23.3 Å². The van der Waals surface area contributed by atoms with Gasteiger partial charge in [0.1, 0.15) is 5.75 Å². The third-order valence-corrected chi connectivity index (χ3v) is 4.35. The molecule has 0 bridgehead atoms. The molecule has 0 radical (unpaired) electrons. The molecular weight excluding hydrogens is 248 g/mol. The van der Waals surface area contributed by atoms with Gasteiger partial charge in [0.05, 0.1) is 24.4 Å². The number of nitriles is 1. The van der Waals surface area contributed by atoms with E-state index in [4.69, 9.17) is 10.00 Å². The van der Waals surface area contributed by atoms with Crippen LogP contribution in [0, 0.1) is 23.2 Å². The number of ether oxygens (including phenoxy) is 1. The van der Waals surface area contributed by atoms with Crippen LogP contribution in [-0.2, 0) is 0 Å². The lowest BCUT2D eigenvalue weighted by atomic mass is 9.79. The Balaban J connectivity index is 2.08. The lowest BCUT2D eigenvalue weighted by molar-refractivity contribution is 0.264. The SMILES string of the molecule is COc1cc(C#N)ccc1NC1CCCC(C(C)C)C1. The lowest BCUT2D eigenvalue weighted by Crippen LogP contribution is -2.29. The summed E-state index contributed by atoms with van der Waals surface area (Å²) in [6, 6.07) is 8.25. The molecule has 1 aromatic rings. The topological polar surface area (TPSA) is 45.0 Å². The summed E-state index contributed by atoms with van der Waals surface area (Å²) in [5, 5.41) is 12.5. The molecule has 2 atom stereocenters. The van der Waals surface area contributed by atoms with Crippen LogP contribution in [0.2, 0.25) is 0 Å². The van der Waals surface area contributed by atoms with Crippen molar-refractivity contribution in [3.8, 4) is 11.8 Å². The fourth-order valence-corrected chi connectivity index (χ4v) is 3.06. The van der Waals surface area contributed by atoms with Crippen LogP contribution in [0.3, 0.4) is 0 Å². The van der Waals surface area contributed by atoms with E-state index >= 15 is 0 Å². The van der Waals surface area contributed by atoms with Gasteiger partial charge in [-0.3, -0.25) is 0 Å². The average Bonchev–Trinajstić information content (AvgIpc) is 2.48. The maximum atomic E-state index is 8.94. The first-order valence-electron chi connectivity index (χ1n) is 7.48. The van der Waals surface area contributed by atoms with Crippen molar-refractivity contribution in [2.75, 3.05) is 12.4 Å². The molecule has 1 aliphatic rings. The summed E-state index contributed by atoms with van der Waals surface area (Å²) < 4.78 is 5.39. The van der Waals surface area contributed by atoms with Gasteiger partial charge in [0.15, 0.2) is 0 Å². The number of rotatable bonds is 4. The highest BCUT2D eigenvalue weighted by atomic mass is 16.5. The Morgan fingerprint density at radius 1 is 1.35 bits per heavy atom. The van der Waals surface area contributed by atoms with Gasteiger partial charge in [-0.2, -0.15) is 5.26 Å². The third kappa shape index (κ3) is 3.45. The van der Waals surface area contributed by atoms with E-state index in [9.17, 15) is 0 Å². The zero-order valence-electron chi connectivity index (χ0n) is 12.6. The fraction of sp³-hybridized carbons (Fsp3) is 0.588. The first-order valence-corrected chi connectivity index (χ1v) is 7.48. The molecule has 0 aromatic heterocycles. The Kier molecular flexibility index (Phi) is 4.89. The largest absolute Gasteiger partial charge is 0.495 e. The molecule has 1 fully saturated rings. The molecule has 3 nitrogen and oxygen atoms in total. The van der Waals surface area contributed by atoms with Gasteiger partial charge < -0.3 is 10.1 Å². The minimum Gasteiger partial charge on any atom is -0.495 e. The van der Waals surface area contributed by atoms with Gasteiger partial charge in [-0.1, -0.05) is 26.7 Å². The molecule has 1 saturated carbocycles. The Labute approximate surface area is 121 Å². The molecule has 2 unspecified atom stereocenters. The quantitative estimate of drug-likeness (QED) is 0.893. The van der Waals surface area contributed by atoms with Crippen LogP contribution >= 0.6 is 0 Å². The smallest absolute Gasteiger partial charge is 0.143 e. The second kappa shape index (κ2) is 6.65. The summed E-state index contributed by atoms with van der Waals surface area (Å²) in [6.45, 7) is 4.63. The Morgan fingerprint density at radius 3 is 2.80 bits per heavy atom. The van der Waals surface area contributed by atoms with Gasteiger partial charge in [0.2, 0.25) is 0 Å². The van der Waals surface area contributed by atoms with Crippen molar-refractivity contribution in [2.24, 2.45) is 11.8 Å². The normalized spacial score (nSPS) is 22.4. The van der Waals surface area contributed by atoms with E-state index in [1.165, 1.54) is 25.7 Å². The Morgan fingerprint density at radius 2 is 2.15 bits per heavy atom. The zero-order chi connectivity index (χ0) is 14.5. The molecule has 0 aliphatic heterocycles. The number of anilines is 1. The fourth-order valence-electron chi connectivity index (χ4n) is 3.06. The minimum absolute atomic E-state index is 0.512. The van der Waals surface area contributed by atoms with Gasteiger partial charge >= 0.3 is 0 Å². The minimum atomic E-state index is 0.512. The molecule has 0 spiro atoms. The van der Waals surface area contributed by atoms with E-state index in [2.05, 4.69) is 25.2 Å².